The largest absolute Gasteiger partial charge is 0.469 e. The number of aromatic nitrogens is 2. The highest BCUT2D eigenvalue weighted by Gasteiger charge is 2.30. The lowest BCUT2D eigenvalue weighted by Crippen LogP contribution is -3.15. The van der Waals surface area contributed by atoms with Crippen LogP contribution in [0.4, 0.5) is 5.95 Å². The summed E-state index contributed by atoms with van der Waals surface area (Å²) in [5.41, 5.74) is 1.48. The Kier molecular flexibility index (Phi) is 4.50. The Hall–Kier alpha value is -2.25. The number of aliphatic hydroxyl groups excluding tert-OH is 1. The van der Waals surface area contributed by atoms with Crippen molar-refractivity contribution >= 4 is 11.7 Å². The van der Waals surface area contributed by atoms with Crippen LogP contribution in [0.5, 0.6) is 0 Å². The lowest BCUT2D eigenvalue weighted by Gasteiger charge is -2.32. The smallest absolute Gasteiger partial charge is 0.225 e. The number of piperazine rings is 1. The fourth-order valence-electron chi connectivity index (χ4n) is 3.74. The van der Waals surface area contributed by atoms with Gasteiger partial charge in [-0.2, -0.15) is 0 Å². The summed E-state index contributed by atoms with van der Waals surface area (Å²) in [5, 5.41) is 9.06. The minimum atomic E-state index is 0.0589. The van der Waals surface area contributed by atoms with Crippen molar-refractivity contribution in [2.75, 3.05) is 44.2 Å². The Morgan fingerprint density at radius 3 is 2.88 bits per heavy atom. The summed E-state index contributed by atoms with van der Waals surface area (Å²) in [7, 11) is 0. The van der Waals surface area contributed by atoms with Gasteiger partial charge in [0.15, 0.2) is 5.78 Å². The van der Waals surface area contributed by atoms with Gasteiger partial charge in [0.05, 0.1) is 50.3 Å². The third-order valence-corrected chi connectivity index (χ3v) is 5.19. The Morgan fingerprint density at radius 2 is 2.16 bits per heavy atom. The number of carbonyl (C=O) groups excluding carboxylic acids is 1. The van der Waals surface area contributed by atoms with Gasteiger partial charge in [-0.3, -0.25) is 4.79 Å². The van der Waals surface area contributed by atoms with E-state index in [1.54, 1.807) is 12.5 Å². The van der Waals surface area contributed by atoms with Crippen LogP contribution in [0.3, 0.4) is 0 Å². The van der Waals surface area contributed by atoms with Crippen molar-refractivity contribution in [1.29, 1.82) is 0 Å². The number of fused-ring (bicyclic) bond motifs is 1. The molecule has 2 aromatic heterocycles. The average molecular weight is 343 g/mol. The van der Waals surface area contributed by atoms with E-state index in [1.807, 2.05) is 12.1 Å². The zero-order valence-corrected chi connectivity index (χ0v) is 14.1. The summed E-state index contributed by atoms with van der Waals surface area (Å²) < 4.78 is 5.49. The van der Waals surface area contributed by atoms with Crippen LogP contribution in [0.15, 0.2) is 29.0 Å². The average Bonchev–Trinajstić information content (AvgIpc) is 3.17. The maximum absolute atomic E-state index is 12.4. The fourth-order valence-corrected chi connectivity index (χ4v) is 3.74. The fraction of sp³-hybridized carbons (Fsp3) is 0.500. The van der Waals surface area contributed by atoms with Crippen LogP contribution in [-0.4, -0.2) is 60.2 Å². The summed E-state index contributed by atoms with van der Waals surface area (Å²) in [6, 6.07) is 3.78. The first-order valence-electron chi connectivity index (χ1n) is 8.86. The number of carbonyl (C=O) groups is 1. The molecule has 7 heteroatoms. The number of quaternary nitrogens is 1. The van der Waals surface area contributed by atoms with E-state index in [4.69, 9.17) is 14.5 Å². The predicted molar refractivity (Wildman–Crippen MR) is 91.0 cm³/mol. The minimum Gasteiger partial charge on any atom is -0.469 e. The molecule has 25 heavy (non-hydrogen) atoms. The van der Waals surface area contributed by atoms with Crippen LogP contribution in [0.1, 0.15) is 34.2 Å². The van der Waals surface area contributed by atoms with Gasteiger partial charge >= 0.3 is 0 Å². The van der Waals surface area contributed by atoms with Crippen molar-refractivity contribution in [2.45, 2.75) is 18.8 Å². The van der Waals surface area contributed by atoms with Gasteiger partial charge in [-0.05, 0) is 12.1 Å². The molecule has 2 N–H and O–H groups in total. The van der Waals surface area contributed by atoms with E-state index in [1.165, 1.54) is 4.90 Å². The molecule has 7 nitrogen and oxygen atoms in total. The lowest BCUT2D eigenvalue weighted by atomic mass is 9.85. The molecule has 0 saturated carbocycles. The van der Waals surface area contributed by atoms with Gasteiger partial charge in [0.1, 0.15) is 12.3 Å². The number of rotatable bonds is 4. The number of Topliss-reactive ketones (excluding diaryl/α,β-unsaturated/α-hetero) is 1. The standard InChI is InChI=1S/C18H22N4O3/c23-8-7-21-3-5-22(6-4-21)18-19-12-14-15(20-18)10-13(11-16(14)24)17-2-1-9-25-17/h1-2,9,12-13,23H,3-8,10-11H2/p+1/t13-/m0/s1. The third kappa shape index (κ3) is 3.29. The molecule has 1 saturated heterocycles. The Morgan fingerprint density at radius 1 is 1.32 bits per heavy atom. The zero-order chi connectivity index (χ0) is 17.2. The first-order valence-corrected chi connectivity index (χ1v) is 8.86. The van der Waals surface area contributed by atoms with Crippen molar-refractivity contribution in [3.8, 4) is 0 Å². The first-order chi connectivity index (χ1) is 12.2. The number of aliphatic hydroxyl groups is 1. The second-order valence-electron chi connectivity index (χ2n) is 6.78. The lowest BCUT2D eigenvalue weighted by molar-refractivity contribution is -0.900. The molecule has 1 fully saturated rings. The molecule has 0 amide bonds. The molecule has 1 atom stereocenters. The minimum absolute atomic E-state index is 0.0589. The molecule has 0 unspecified atom stereocenters. The van der Waals surface area contributed by atoms with Gasteiger partial charge in [-0.25, -0.2) is 9.97 Å². The molecule has 0 radical (unpaired) electrons. The predicted octanol–water partition coefficient (Wildman–Crippen LogP) is -0.320. The molecular weight excluding hydrogens is 320 g/mol. The van der Waals surface area contributed by atoms with Crippen LogP contribution in [0.25, 0.3) is 0 Å². The van der Waals surface area contributed by atoms with Crippen LogP contribution in [0.2, 0.25) is 0 Å². The summed E-state index contributed by atoms with van der Waals surface area (Å²) in [6.45, 7) is 4.68. The van der Waals surface area contributed by atoms with Crippen LogP contribution >= 0.6 is 0 Å². The summed E-state index contributed by atoms with van der Waals surface area (Å²) in [4.78, 5) is 25.2. The Bertz CT molecular complexity index is 739. The van der Waals surface area contributed by atoms with E-state index in [2.05, 4.69) is 9.88 Å². The van der Waals surface area contributed by atoms with E-state index < -0.39 is 0 Å². The molecule has 132 valence electrons. The number of ketones is 1. The number of hydrogen-bond acceptors (Lipinski definition) is 6. The van der Waals surface area contributed by atoms with Gasteiger partial charge in [0, 0.05) is 25.0 Å². The van der Waals surface area contributed by atoms with Gasteiger partial charge < -0.3 is 19.3 Å². The van der Waals surface area contributed by atoms with E-state index in [0.717, 1.165) is 44.2 Å². The molecular formula is C18H23N4O3+. The number of furan rings is 1. The van der Waals surface area contributed by atoms with Gasteiger partial charge in [0.2, 0.25) is 5.95 Å². The van der Waals surface area contributed by atoms with E-state index in [-0.39, 0.29) is 18.3 Å². The van der Waals surface area contributed by atoms with Crippen molar-refractivity contribution < 1.29 is 19.2 Å². The molecule has 0 bridgehead atoms. The van der Waals surface area contributed by atoms with Crippen LogP contribution < -0.4 is 9.80 Å². The molecule has 0 spiro atoms. The van der Waals surface area contributed by atoms with Crippen molar-refractivity contribution in [1.82, 2.24) is 9.97 Å². The molecule has 3 heterocycles. The van der Waals surface area contributed by atoms with Crippen LogP contribution in [-0.2, 0) is 6.42 Å². The second-order valence-corrected chi connectivity index (χ2v) is 6.78. The van der Waals surface area contributed by atoms with Crippen molar-refractivity contribution in [3.63, 3.8) is 0 Å². The topological polar surface area (TPSA) is 83.9 Å². The molecule has 2 aliphatic rings. The molecule has 1 aliphatic heterocycles. The first kappa shape index (κ1) is 16.2. The number of anilines is 1. The van der Waals surface area contributed by atoms with Gasteiger partial charge in [-0.15, -0.1) is 0 Å². The SMILES string of the molecule is O=C1C[C@@H](c2ccco2)Cc2nc(N3CC[NH+](CCO)CC3)ncc21. The summed E-state index contributed by atoms with van der Waals surface area (Å²) in [6.07, 6.45) is 4.49. The van der Waals surface area contributed by atoms with Crippen LogP contribution in [0, 0.1) is 0 Å². The highest BCUT2D eigenvalue weighted by Crippen LogP contribution is 2.32. The van der Waals surface area contributed by atoms with E-state index in [9.17, 15) is 4.79 Å². The Balaban J connectivity index is 1.52. The highest BCUT2D eigenvalue weighted by atomic mass is 16.3. The third-order valence-electron chi connectivity index (χ3n) is 5.19. The van der Waals surface area contributed by atoms with Gasteiger partial charge in [0.25, 0.3) is 0 Å². The molecule has 1 aliphatic carbocycles. The van der Waals surface area contributed by atoms with E-state index in [0.29, 0.717) is 24.4 Å². The monoisotopic (exact) mass is 343 g/mol. The maximum Gasteiger partial charge on any atom is 0.225 e. The number of hydrogen-bond donors (Lipinski definition) is 2. The van der Waals surface area contributed by atoms with Crippen molar-refractivity contribution in [3.05, 3.63) is 41.6 Å². The van der Waals surface area contributed by atoms with Gasteiger partial charge in [-0.1, -0.05) is 0 Å². The molecule has 2 aromatic rings. The maximum atomic E-state index is 12.4. The highest BCUT2D eigenvalue weighted by molar-refractivity contribution is 5.98. The normalized spacial score (nSPS) is 21.4. The van der Waals surface area contributed by atoms with E-state index >= 15 is 0 Å². The summed E-state index contributed by atoms with van der Waals surface area (Å²) in [5.74, 6) is 1.70. The quantitative estimate of drug-likeness (QED) is 0.792. The second kappa shape index (κ2) is 6.93. The number of nitrogens with zero attached hydrogens (tertiary/aromatic N) is 3. The Labute approximate surface area is 146 Å². The molecule has 0 aromatic carbocycles. The zero-order valence-electron chi connectivity index (χ0n) is 14.1. The van der Waals surface area contributed by atoms with Crippen molar-refractivity contribution in [2.24, 2.45) is 0 Å². The summed E-state index contributed by atoms with van der Waals surface area (Å²) >= 11 is 0. The molecule has 4 rings (SSSR count). The number of nitrogens with one attached hydrogen (secondary N) is 1.